The van der Waals surface area contributed by atoms with E-state index in [9.17, 15) is 28.1 Å². The predicted molar refractivity (Wildman–Crippen MR) is 71.3 cm³/mol. The molecule has 0 radical (unpaired) electrons. The molecule has 0 heterocycles. The summed E-state index contributed by atoms with van der Waals surface area (Å²) in [7, 11) is 0. The molecule has 0 atom stereocenters. The number of hydrogen-bond acceptors (Lipinski definition) is 4. The van der Waals surface area contributed by atoms with E-state index in [-0.39, 0.29) is 17.5 Å². The molecule has 0 aliphatic rings. The molecule has 0 saturated carbocycles. The van der Waals surface area contributed by atoms with Crippen molar-refractivity contribution in [3.63, 3.8) is 0 Å². The van der Waals surface area contributed by atoms with Gasteiger partial charge in [-0.3, -0.25) is 10.1 Å². The Morgan fingerprint density at radius 2 is 1.91 bits per heavy atom. The van der Waals surface area contributed by atoms with Gasteiger partial charge in [-0.25, -0.2) is 4.79 Å². The SMILES string of the molecule is Cc1cc([N+](=O)[O-])c(CC(C)(C)OC(N)=O)cc1C(F)(F)F. The molecule has 9 heteroatoms. The molecule has 1 aromatic rings. The van der Waals surface area contributed by atoms with Crippen LogP contribution in [-0.4, -0.2) is 16.6 Å². The molecule has 0 bridgehead atoms. The van der Waals surface area contributed by atoms with Crippen molar-refractivity contribution < 1.29 is 27.6 Å². The van der Waals surface area contributed by atoms with Crippen molar-refractivity contribution in [1.29, 1.82) is 0 Å². The maximum atomic E-state index is 12.9. The number of nitro groups is 1. The highest BCUT2D eigenvalue weighted by atomic mass is 19.4. The van der Waals surface area contributed by atoms with Crippen molar-refractivity contribution in [3.05, 3.63) is 38.9 Å². The number of benzene rings is 1. The molecule has 0 saturated heterocycles. The monoisotopic (exact) mass is 320 g/mol. The summed E-state index contributed by atoms with van der Waals surface area (Å²) >= 11 is 0. The Morgan fingerprint density at radius 1 is 1.36 bits per heavy atom. The largest absolute Gasteiger partial charge is 0.443 e. The Kier molecular flexibility index (Phi) is 4.69. The Bertz CT molecular complexity index is 612. The van der Waals surface area contributed by atoms with E-state index >= 15 is 0 Å². The third-order valence-electron chi connectivity index (χ3n) is 2.92. The third kappa shape index (κ3) is 4.34. The van der Waals surface area contributed by atoms with Crippen molar-refractivity contribution in [2.75, 3.05) is 0 Å². The Balaban J connectivity index is 3.38. The number of rotatable bonds is 4. The first-order chi connectivity index (χ1) is 9.83. The van der Waals surface area contributed by atoms with Crippen molar-refractivity contribution >= 4 is 11.8 Å². The summed E-state index contributed by atoms with van der Waals surface area (Å²) in [4.78, 5) is 21.1. The van der Waals surface area contributed by atoms with Gasteiger partial charge in [0.15, 0.2) is 0 Å². The maximum Gasteiger partial charge on any atom is 0.416 e. The number of halogens is 3. The molecule has 0 fully saturated rings. The molecule has 0 aliphatic heterocycles. The van der Waals surface area contributed by atoms with Crippen LogP contribution in [-0.2, 0) is 17.3 Å². The standard InChI is InChI=1S/C13H15F3N2O4/c1-7-4-10(18(20)21)8(5-9(7)13(14,15)16)6-12(2,3)22-11(17)19/h4-5H,6H2,1-3H3,(H2,17,19). The normalized spacial score (nSPS) is 12.1. The van der Waals surface area contributed by atoms with Crippen LogP contribution in [0.1, 0.15) is 30.5 Å². The molecule has 0 aliphatic carbocycles. The van der Waals surface area contributed by atoms with Gasteiger partial charge < -0.3 is 10.5 Å². The summed E-state index contributed by atoms with van der Waals surface area (Å²) in [5.74, 6) is 0. The summed E-state index contributed by atoms with van der Waals surface area (Å²) < 4.78 is 43.6. The number of nitrogens with zero attached hydrogens (tertiary/aromatic N) is 1. The fourth-order valence-corrected chi connectivity index (χ4v) is 2.12. The molecular weight excluding hydrogens is 305 g/mol. The van der Waals surface area contributed by atoms with Crippen LogP contribution in [0.2, 0.25) is 0 Å². The van der Waals surface area contributed by atoms with Crippen LogP contribution >= 0.6 is 0 Å². The number of alkyl halides is 3. The third-order valence-corrected chi connectivity index (χ3v) is 2.92. The lowest BCUT2D eigenvalue weighted by atomic mass is 9.93. The van der Waals surface area contributed by atoms with E-state index in [1.54, 1.807) is 0 Å². The fourth-order valence-electron chi connectivity index (χ4n) is 2.12. The average Bonchev–Trinajstić information content (AvgIpc) is 2.26. The van der Waals surface area contributed by atoms with Crippen LogP contribution in [0.4, 0.5) is 23.7 Å². The number of carbonyl (C=O) groups excluding carboxylic acids is 1. The predicted octanol–water partition coefficient (Wildman–Crippen LogP) is 3.34. The number of carbonyl (C=O) groups is 1. The second kappa shape index (κ2) is 5.82. The first-order valence-corrected chi connectivity index (χ1v) is 6.17. The van der Waals surface area contributed by atoms with Gasteiger partial charge >= 0.3 is 12.3 Å². The van der Waals surface area contributed by atoms with E-state index in [1.807, 2.05) is 0 Å². The van der Waals surface area contributed by atoms with Gasteiger partial charge in [-0.1, -0.05) is 0 Å². The van der Waals surface area contributed by atoms with E-state index in [0.29, 0.717) is 6.07 Å². The number of nitro benzene ring substituents is 1. The van der Waals surface area contributed by atoms with Gasteiger partial charge in [0.25, 0.3) is 5.69 Å². The number of ether oxygens (including phenoxy) is 1. The van der Waals surface area contributed by atoms with Gasteiger partial charge in [-0.15, -0.1) is 0 Å². The smallest absolute Gasteiger partial charge is 0.416 e. The summed E-state index contributed by atoms with van der Waals surface area (Å²) in [6, 6.07) is 1.57. The average molecular weight is 320 g/mol. The van der Waals surface area contributed by atoms with Crippen LogP contribution in [0.3, 0.4) is 0 Å². The molecule has 1 aromatic carbocycles. The second-order valence-electron chi connectivity index (χ2n) is 5.41. The summed E-state index contributed by atoms with van der Waals surface area (Å²) in [6.45, 7) is 3.94. The minimum absolute atomic E-state index is 0.186. The highest BCUT2D eigenvalue weighted by Crippen LogP contribution is 2.36. The molecule has 6 nitrogen and oxygen atoms in total. The lowest BCUT2D eigenvalue weighted by Crippen LogP contribution is -2.33. The Hall–Kier alpha value is -2.32. The van der Waals surface area contributed by atoms with E-state index in [4.69, 9.17) is 10.5 Å². The first-order valence-electron chi connectivity index (χ1n) is 6.17. The van der Waals surface area contributed by atoms with Gasteiger partial charge in [-0.2, -0.15) is 13.2 Å². The highest BCUT2D eigenvalue weighted by Gasteiger charge is 2.36. The summed E-state index contributed by atoms with van der Waals surface area (Å²) in [6.07, 6.45) is -6.03. The Morgan fingerprint density at radius 3 is 2.32 bits per heavy atom. The van der Waals surface area contributed by atoms with E-state index < -0.39 is 34.0 Å². The number of nitrogens with two attached hydrogens (primary N) is 1. The lowest BCUT2D eigenvalue weighted by molar-refractivity contribution is -0.385. The van der Waals surface area contributed by atoms with Gasteiger partial charge in [0.1, 0.15) is 5.60 Å². The van der Waals surface area contributed by atoms with Crippen LogP contribution in [0.5, 0.6) is 0 Å². The van der Waals surface area contributed by atoms with Crippen LogP contribution < -0.4 is 5.73 Å². The number of aryl methyl sites for hydroxylation is 1. The topological polar surface area (TPSA) is 95.5 Å². The van der Waals surface area contributed by atoms with Gasteiger partial charge in [0, 0.05) is 18.1 Å². The second-order valence-corrected chi connectivity index (χ2v) is 5.41. The van der Waals surface area contributed by atoms with E-state index in [0.717, 1.165) is 13.0 Å². The molecule has 1 amide bonds. The van der Waals surface area contributed by atoms with Gasteiger partial charge in [-0.05, 0) is 32.4 Å². The fraction of sp³-hybridized carbons (Fsp3) is 0.462. The Labute approximate surface area is 124 Å². The molecule has 0 aromatic heterocycles. The van der Waals surface area contributed by atoms with Crippen LogP contribution in [0.15, 0.2) is 12.1 Å². The zero-order chi connectivity index (χ0) is 17.3. The van der Waals surface area contributed by atoms with E-state index in [2.05, 4.69) is 0 Å². The molecular formula is C13H15F3N2O4. The molecule has 0 unspecified atom stereocenters. The van der Waals surface area contributed by atoms with Crippen molar-refractivity contribution in [3.8, 4) is 0 Å². The highest BCUT2D eigenvalue weighted by molar-refractivity contribution is 5.65. The van der Waals surface area contributed by atoms with Crippen molar-refractivity contribution in [2.24, 2.45) is 5.73 Å². The van der Waals surface area contributed by atoms with Crippen molar-refractivity contribution in [1.82, 2.24) is 0 Å². The maximum absolute atomic E-state index is 12.9. The van der Waals surface area contributed by atoms with Gasteiger partial charge in [0.05, 0.1) is 10.5 Å². The molecule has 0 spiro atoms. The molecule has 1 rings (SSSR count). The first kappa shape index (κ1) is 17.7. The molecule has 2 N–H and O–H groups in total. The summed E-state index contributed by atoms with van der Waals surface area (Å²) in [5.41, 5.74) is 1.72. The van der Waals surface area contributed by atoms with Crippen molar-refractivity contribution in [2.45, 2.75) is 39.0 Å². The zero-order valence-electron chi connectivity index (χ0n) is 12.2. The number of primary amides is 1. The lowest BCUT2D eigenvalue weighted by Gasteiger charge is -2.24. The molecule has 22 heavy (non-hydrogen) atoms. The molecule has 122 valence electrons. The van der Waals surface area contributed by atoms with Gasteiger partial charge in [0.2, 0.25) is 0 Å². The summed E-state index contributed by atoms with van der Waals surface area (Å²) in [5, 5.41) is 11.0. The van der Waals surface area contributed by atoms with E-state index in [1.165, 1.54) is 13.8 Å². The number of amides is 1. The van der Waals surface area contributed by atoms with Crippen LogP contribution in [0.25, 0.3) is 0 Å². The quantitative estimate of drug-likeness (QED) is 0.680. The number of hydrogen-bond donors (Lipinski definition) is 1. The minimum atomic E-state index is -4.64. The zero-order valence-corrected chi connectivity index (χ0v) is 12.2. The minimum Gasteiger partial charge on any atom is -0.443 e. The van der Waals surface area contributed by atoms with Crippen LogP contribution in [0, 0.1) is 17.0 Å².